The van der Waals surface area contributed by atoms with Gasteiger partial charge in [0.05, 0.1) is 6.04 Å². The van der Waals surface area contributed by atoms with Crippen molar-refractivity contribution in [2.75, 3.05) is 41.4 Å². The van der Waals surface area contributed by atoms with Crippen molar-refractivity contribution < 1.29 is 68.7 Å². The number of carboxylic acids is 5. The van der Waals surface area contributed by atoms with E-state index in [1.807, 2.05) is 5.32 Å². The lowest BCUT2D eigenvalue weighted by Gasteiger charge is -2.35. The molecule has 0 fully saturated rings. The Bertz CT molecular complexity index is 2010. The molecule has 1 unspecified atom stereocenters. The molecule has 1 aromatic carbocycles. The zero-order valence-electron chi connectivity index (χ0n) is 32.1. The van der Waals surface area contributed by atoms with Crippen molar-refractivity contribution in [1.29, 1.82) is 0 Å². The van der Waals surface area contributed by atoms with Crippen LogP contribution in [-0.2, 0) is 38.4 Å². The summed E-state index contributed by atoms with van der Waals surface area (Å²) < 4.78 is 0. The molecule has 1 aliphatic rings. The Kier molecular flexibility index (Phi) is 17.1. The van der Waals surface area contributed by atoms with Gasteiger partial charge in [0.1, 0.15) is 29.9 Å². The van der Waals surface area contributed by atoms with Gasteiger partial charge in [-0.3, -0.25) is 48.1 Å². The Morgan fingerprint density at radius 2 is 1.15 bits per heavy atom. The molecule has 0 bridgehead atoms. The minimum atomic E-state index is -1.76. The van der Waals surface area contributed by atoms with Crippen molar-refractivity contribution in [1.82, 2.24) is 31.2 Å². The van der Waals surface area contributed by atoms with Gasteiger partial charge in [-0.1, -0.05) is 0 Å². The first-order chi connectivity index (χ1) is 28.2. The summed E-state index contributed by atoms with van der Waals surface area (Å²) >= 11 is 0. The fourth-order valence-corrected chi connectivity index (χ4v) is 5.85. The van der Waals surface area contributed by atoms with Gasteiger partial charge in [-0.2, -0.15) is 4.98 Å². The summed E-state index contributed by atoms with van der Waals surface area (Å²) in [6.45, 7) is 0.752. The van der Waals surface area contributed by atoms with Gasteiger partial charge in [0.15, 0.2) is 5.82 Å². The summed E-state index contributed by atoms with van der Waals surface area (Å²) in [4.78, 5) is 131. The standard InChI is InChI=1S/C35H46N10O15/c1-45-18(15-38-28-27(45)33(58)44-35(36)43-28)14-37-17-4-2-16(3-5-17)29(54)39-19(6-10-23(46)47)30(55)40-20(7-11-24(48)49)31(56)41-21(8-12-25(50)51)32(57)42-22(34(59)60)9-13-26(52)53/h2-5,18-22,37H,6-15H2,1H3,(H,39,54)(H,40,55)(H,41,56)(H,42,57)(H,46,47)(H,48,49)(H,50,51)(H,52,53)(H,59,60)(H4,36,38,43,44,58)/t18?,19-,20-,21-,22-/m0/s1. The van der Waals surface area contributed by atoms with Crippen molar-refractivity contribution in [2.24, 2.45) is 0 Å². The van der Waals surface area contributed by atoms with E-state index in [4.69, 9.17) is 10.8 Å². The van der Waals surface area contributed by atoms with E-state index >= 15 is 0 Å². The number of benzene rings is 1. The highest BCUT2D eigenvalue weighted by Gasteiger charge is 2.33. The third-order valence-corrected chi connectivity index (χ3v) is 9.10. The Hall–Kier alpha value is -7.47. The topological polar surface area (TPSA) is 402 Å². The van der Waals surface area contributed by atoms with Crippen LogP contribution in [0.5, 0.6) is 0 Å². The Morgan fingerprint density at radius 1 is 0.717 bits per heavy atom. The predicted octanol–water partition coefficient (Wildman–Crippen LogP) is -2.21. The van der Waals surface area contributed by atoms with Crippen LogP contribution in [0.3, 0.4) is 0 Å². The minimum Gasteiger partial charge on any atom is -0.481 e. The van der Waals surface area contributed by atoms with Crippen LogP contribution in [0.25, 0.3) is 0 Å². The van der Waals surface area contributed by atoms with E-state index in [-0.39, 0.29) is 17.6 Å². The van der Waals surface area contributed by atoms with E-state index in [0.29, 0.717) is 30.3 Å². The van der Waals surface area contributed by atoms with Gasteiger partial charge >= 0.3 is 29.8 Å². The fourth-order valence-electron chi connectivity index (χ4n) is 5.85. The second-order valence-corrected chi connectivity index (χ2v) is 13.5. The first-order valence-electron chi connectivity index (χ1n) is 18.3. The van der Waals surface area contributed by atoms with Crippen molar-refractivity contribution in [2.45, 2.75) is 81.6 Å². The van der Waals surface area contributed by atoms with Crippen LogP contribution in [-0.4, -0.2) is 139 Å². The molecule has 4 amide bonds. The Labute approximate surface area is 339 Å². The fraction of sp³-hybridized carbons (Fsp3) is 0.457. The number of aromatic amines is 1. The molecule has 25 nitrogen and oxygen atoms in total. The number of H-pyrrole nitrogens is 1. The molecule has 5 atom stereocenters. The molecule has 2 heterocycles. The molecule has 0 saturated carbocycles. The van der Waals surface area contributed by atoms with Crippen LogP contribution in [0.4, 0.5) is 23.1 Å². The maximum atomic E-state index is 13.5. The molecule has 14 N–H and O–H groups in total. The number of aliphatic carboxylic acids is 5. The quantitative estimate of drug-likeness (QED) is 0.0532. The molecule has 0 radical (unpaired) electrons. The number of amides is 4. The zero-order chi connectivity index (χ0) is 44.7. The van der Waals surface area contributed by atoms with Crippen molar-refractivity contribution in [3.05, 3.63) is 40.2 Å². The lowest BCUT2D eigenvalue weighted by atomic mass is 10.0. The van der Waals surface area contributed by atoms with Crippen molar-refractivity contribution in [3.63, 3.8) is 0 Å². The summed E-state index contributed by atoms with van der Waals surface area (Å²) in [6.07, 6.45) is -5.02. The molecule has 25 heteroatoms. The predicted molar refractivity (Wildman–Crippen MR) is 207 cm³/mol. The summed E-state index contributed by atoms with van der Waals surface area (Å²) in [6, 6.07) is -1.18. The lowest BCUT2D eigenvalue weighted by molar-refractivity contribution is -0.144. The molecule has 2 aromatic rings. The largest absolute Gasteiger partial charge is 0.481 e. The van der Waals surface area contributed by atoms with E-state index in [9.17, 15) is 68.4 Å². The third kappa shape index (κ3) is 14.5. The van der Waals surface area contributed by atoms with Gasteiger partial charge in [-0.15, -0.1) is 0 Å². The number of carboxylic acid groups (broad SMARTS) is 5. The number of anilines is 4. The van der Waals surface area contributed by atoms with Crippen LogP contribution < -0.4 is 48.1 Å². The molecule has 3 rings (SSSR count). The number of carbonyl (C=O) groups is 9. The highest BCUT2D eigenvalue weighted by molar-refractivity contribution is 5.99. The molecule has 1 aliphatic heterocycles. The SMILES string of the molecule is CN1c2c(nc(N)[nH]c2=O)NCC1CNc1ccc(C(=O)N[C@@H](CCC(=O)O)C(=O)N[C@@H](CCC(=O)O)C(=O)N[C@@H](CCC(=O)O)C(=O)N[C@@H](CCC(=O)O)C(=O)O)cc1. The molecule has 326 valence electrons. The van der Waals surface area contributed by atoms with Crippen molar-refractivity contribution >= 4 is 76.6 Å². The maximum Gasteiger partial charge on any atom is 0.326 e. The number of nitrogens with one attached hydrogen (secondary N) is 7. The minimum absolute atomic E-state index is 0.0322. The van der Waals surface area contributed by atoms with Gasteiger partial charge in [0, 0.05) is 57.1 Å². The highest BCUT2D eigenvalue weighted by atomic mass is 16.4. The number of fused-ring (bicyclic) bond motifs is 1. The molecule has 60 heavy (non-hydrogen) atoms. The second-order valence-electron chi connectivity index (χ2n) is 13.5. The third-order valence-electron chi connectivity index (χ3n) is 9.10. The van der Waals surface area contributed by atoms with Crippen LogP contribution in [0.1, 0.15) is 61.7 Å². The van der Waals surface area contributed by atoms with Crippen LogP contribution >= 0.6 is 0 Å². The Morgan fingerprint density at radius 3 is 1.60 bits per heavy atom. The molecular formula is C35H46N10O15. The number of likely N-dealkylation sites (N-methyl/N-ethyl adjacent to an activating group) is 1. The number of carbonyl (C=O) groups excluding carboxylic acids is 4. The van der Waals surface area contributed by atoms with E-state index in [1.54, 1.807) is 24.1 Å². The average Bonchev–Trinajstić information content (AvgIpc) is 3.16. The molecule has 1 aromatic heterocycles. The van der Waals surface area contributed by atoms with E-state index in [1.165, 1.54) is 12.1 Å². The smallest absolute Gasteiger partial charge is 0.326 e. The average molecular weight is 847 g/mol. The second kappa shape index (κ2) is 21.9. The number of nitrogens with two attached hydrogens (primary N) is 1. The van der Waals surface area contributed by atoms with Gasteiger partial charge in [0.2, 0.25) is 23.7 Å². The monoisotopic (exact) mass is 846 g/mol. The summed E-state index contributed by atoms with van der Waals surface area (Å²) in [5.41, 5.74) is 6.10. The number of rotatable bonds is 24. The number of hydrogen-bond donors (Lipinski definition) is 13. The summed E-state index contributed by atoms with van der Waals surface area (Å²) in [7, 11) is 1.72. The van der Waals surface area contributed by atoms with Crippen LogP contribution in [0.15, 0.2) is 29.1 Å². The molecule has 0 spiro atoms. The van der Waals surface area contributed by atoms with Crippen LogP contribution in [0, 0.1) is 0 Å². The van der Waals surface area contributed by atoms with Crippen molar-refractivity contribution in [3.8, 4) is 0 Å². The number of hydrogen-bond acceptors (Lipinski definition) is 15. The first kappa shape index (κ1) is 46.9. The van der Waals surface area contributed by atoms with Gasteiger partial charge in [-0.25, -0.2) is 4.79 Å². The maximum absolute atomic E-state index is 13.5. The molecular weight excluding hydrogens is 800 g/mol. The molecule has 0 aliphatic carbocycles. The first-order valence-corrected chi connectivity index (χ1v) is 18.3. The Balaban J connectivity index is 1.73. The van der Waals surface area contributed by atoms with E-state index < -0.39 is 135 Å². The van der Waals surface area contributed by atoms with Crippen LogP contribution in [0.2, 0.25) is 0 Å². The van der Waals surface area contributed by atoms with Gasteiger partial charge < -0.3 is 68.1 Å². The highest BCUT2D eigenvalue weighted by Crippen LogP contribution is 2.25. The number of aromatic nitrogens is 2. The van der Waals surface area contributed by atoms with E-state index in [0.717, 1.165) is 0 Å². The van der Waals surface area contributed by atoms with Gasteiger partial charge in [0.25, 0.3) is 11.5 Å². The summed E-state index contributed by atoms with van der Waals surface area (Å²) in [5.74, 6) is -11.3. The number of nitrogen functional groups attached to an aromatic ring is 1. The summed E-state index contributed by atoms with van der Waals surface area (Å²) in [5, 5.41) is 61.2. The van der Waals surface area contributed by atoms with E-state index in [2.05, 4.69) is 36.6 Å². The molecule has 0 saturated heterocycles. The zero-order valence-corrected chi connectivity index (χ0v) is 32.1. The normalized spacial score (nSPS) is 15.0. The van der Waals surface area contributed by atoms with Gasteiger partial charge in [-0.05, 0) is 49.9 Å². The number of nitrogens with zero attached hydrogens (tertiary/aromatic N) is 2. The lowest BCUT2D eigenvalue weighted by Crippen LogP contribution is -2.58.